The number of nitriles is 1. The Kier molecular flexibility index (Phi) is 4.63. The highest BCUT2D eigenvalue weighted by Crippen LogP contribution is 2.39. The summed E-state index contributed by atoms with van der Waals surface area (Å²) in [7, 11) is -3.68. The molecule has 0 radical (unpaired) electrons. The molecule has 1 aliphatic rings. The van der Waals surface area contributed by atoms with Gasteiger partial charge in [-0.3, -0.25) is 4.99 Å². The Hall–Kier alpha value is -2.99. The normalized spacial score (nSPS) is 22.8. The molecule has 28 heavy (non-hydrogen) atoms. The van der Waals surface area contributed by atoms with Gasteiger partial charge in [0.1, 0.15) is 27.7 Å². The van der Waals surface area contributed by atoms with Gasteiger partial charge >= 0.3 is 0 Å². The van der Waals surface area contributed by atoms with E-state index in [4.69, 9.17) is 15.7 Å². The third-order valence-corrected chi connectivity index (χ3v) is 7.54. The van der Waals surface area contributed by atoms with Crippen molar-refractivity contribution in [2.75, 3.05) is 5.75 Å². The van der Waals surface area contributed by atoms with Crippen molar-refractivity contribution in [3.63, 3.8) is 0 Å². The first-order valence-corrected chi connectivity index (χ1v) is 10.1. The number of nitrogens with two attached hydrogens (primary N) is 1. The molecule has 0 aliphatic carbocycles. The molecular weight excluding hydrogens is 383 g/mol. The van der Waals surface area contributed by atoms with Gasteiger partial charge in [0.15, 0.2) is 9.84 Å². The lowest BCUT2D eigenvalue weighted by molar-refractivity contribution is 0.446. The molecule has 2 N–H and O–H groups in total. The Morgan fingerprint density at radius 1 is 1.25 bits per heavy atom. The van der Waals surface area contributed by atoms with Crippen molar-refractivity contribution in [2.24, 2.45) is 10.7 Å². The summed E-state index contributed by atoms with van der Waals surface area (Å²) < 4.78 is 44.3. The number of sulfone groups is 1. The van der Waals surface area contributed by atoms with E-state index < -0.39 is 31.7 Å². The van der Waals surface area contributed by atoms with Crippen molar-refractivity contribution >= 4 is 15.7 Å². The lowest BCUT2D eigenvalue weighted by Crippen LogP contribution is -2.54. The Bertz CT molecular complexity index is 1120. The largest absolute Gasteiger partial charge is 0.439 e. The fourth-order valence-corrected chi connectivity index (χ4v) is 4.60. The second kappa shape index (κ2) is 6.56. The zero-order valence-electron chi connectivity index (χ0n) is 15.6. The van der Waals surface area contributed by atoms with Crippen LogP contribution in [0.2, 0.25) is 0 Å². The monoisotopic (exact) mass is 402 g/mol. The molecule has 0 bridgehead atoms. The minimum atomic E-state index is -3.68. The lowest BCUT2D eigenvalue weighted by atomic mass is 9.93. The van der Waals surface area contributed by atoms with Crippen LogP contribution in [0.3, 0.4) is 0 Å². The summed E-state index contributed by atoms with van der Waals surface area (Å²) >= 11 is 0. The third-order valence-electron chi connectivity index (χ3n) is 4.84. The van der Waals surface area contributed by atoms with Crippen LogP contribution in [0.4, 0.5) is 4.39 Å². The average Bonchev–Trinajstić information content (AvgIpc) is 2.61. The fraction of sp³-hybridized carbons (Fsp3) is 0.316. The van der Waals surface area contributed by atoms with Gasteiger partial charge in [0.25, 0.3) is 0 Å². The van der Waals surface area contributed by atoms with Crippen LogP contribution in [0, 0.1) is 17.1 Å². The topological polar surface area (TPSA) is 118 Å². The molecular formula is C19H19FN4O3S. The van der Waals surface area contributed by atoms with E-state index in [0.29, 0.717) is 5.56 Å². The quantitative estimate of drug-likeness (QED) is 0.843. The first kappa shape index (κ1) is 19.8. The number of halogens is 1. The van der Waals surface area contributed by atoms with Crippen molar-refractivity contribution in [3.8, 4) is 17.7 Å². The van der Waals surface area contributed by atoms with E-state index in [1.54, 1.807) is 0 Å². The number of nitrogens with zero attached hydrogens (tertiary/aromatic N) is 3. The standard InChI is InChI=1S/C19H19FN4O3S/c1-18(2)17(22)24-19(3,11-28(18,25)26)14-9-13(4-5-15(14)20)27-16-8-12(10-21)6-7-23-16/h4-9H,11H2,1-3H3,(H2,22,24)/t19-/m0/s1. The first-order chi connectivity index (χ1) is 13.0. The van der Waals surface area contributed by atoms with Crippen LogP contribution in [0.1, 0.15) is 31.9 Å². The maximum Gasteiger partial charge on any atom is 0.220 e. The van der Waals surface area contributed by atoms with E-state index in [1.165, 1.54) is 57.3 Å². The van der Waals surface area contributed by atoms with Crippen LogP contribution in [0.5, 0.6) is 11.6 Å². The Labute approximate surface area is 162 Å². The van der Waals surface area contributed by atoms with Crippen LogP contribution >= 0.6 is 0 Å². The molecule has 2 aromatic rings. The van der Waals surface area contributed by atoms with E-state index in [2.05, 4.69) is 9.98 Å². The first-order valence-electron chi connectivity index (χ1n) is 8.41. The van der Waals surface area contributed by atoms with Gasteiger partial charge in [-0.1, -0.05) is 0 Å². The van der Waals surface area contributed by atoms with Crippen LogP contribution in [0.15, 0.2) is 41.5 Å². The maximum atomic E-state index is 14.6. The summed E-state index contributed by atoms with van der Waals surface area (Å²) in [6.07, 6.45) is 1.42. The average molecular weight is 402 g/mol. The molecule has 0 saturated heterocycles. The number of hydrogen-bond acceptors (Lipinski definition) is 7. The number of aliphatic imine (C=N–C) groups is 1. The SMILES string of the molecule is CC1(C)C(N)=N[C@](C)(c2cc(Oc3cc(C#N)ccn3)ccc2F)CS1(=O)=O. The lowest BCUT2D eigenvalue weighted by Gasteiger charge is -2.37. The summed E-state index contributed by atoms with van der Waals surface area (Å²) in [4.78, 5) is 8.34. The van der Waals surface area contributed by atoms with E-state index in [-0.39, 0.29) is 23.0 Å². The van der Waals surface area contributed by atoms with Crippen LogP contribution < -0.4 is 10.5 Å². The molecule has 0 amide bonds. The molecule has 7 nitrogen and oxygen atoms in total. The van der Waals surface area contributed by atoms with Crippen molar-refractivity contribution < 1.29 is 17.5 Å². The Balaban J connectivity index is 2.05. The molecule has 146 valence electrons. The molecule has 3 rings (SSSR count). The van der Waals surface area contributed by atoms with Crippen molar-refractivity contribution in [1.82, 2.24) is 4.98 Å². The Morgan fingerprint density at radius 2 is 1.96 bits per heavy atom. The second-order valence-corrected chi connectivity index (χ2v) is 9.82. The van der Waals surface area contributed by atoms with E-state index in [9.17, 15) is 12.8 Å². The smallest absolute Gasteiger partial charge is 0.220 e. The van der Waals surface area contributed by atoms with Crippen molar-refractivity contribution in [3.05, 3.63) is 53.5 Å². The van der Waals surface area contributed by atoms with Crippen LogP contribution in [-0.2, 0) is 15.4 Å². The molecule has 0 saturated carbocycles. The van der Waals surface area contributed by atoms with Gasteiger partial charge in [0.05, 0.1) is 17.4 Å². The van der Waals surface area contributed by atoms with Crippen LogP contribution in [0.25, 0.3) is 0 Å². The third kappa shape index (κ3) is 3.31. The van der Waals surface area contributed by atoms with E-state index >= 15 is 0 Å². The van der Waals surface area contributed by atoms with Crippen LogP contribution in [-0.4, -0.2) is 29.7 Å². The zero-order valence-corrected chi connectivity index (χ0v) is 16.4. The molecule has 1 aliphatic heterocycles. The molecule has 1 atom stereocenters. The predicted molar refractivity (Wildman–Crippen MR) is 102 cm³/mol. The number of hydrogen-bond donors (Lipinski definition) is 1. The number of benzene rings is 1. The molecule has 0 fully saturated rings. The van der Waals surface area contributed by atoms with Gasteiger partial charge in [-0.15, -0.1) is 0 Å². The highest BCUT2D eigenvalue weighted by atomic mass is 32.2. The van der Waals surface area contributed by atoms with Gasteiger partial charge in [-0.2, -0.15) is 5.26 Å². The van der Waals surface area contributed by atoms with Crippen molar-refractivity contribution in [2.45, 2.75) is 31.1 Å². The molecule has 0 spiro atoms. The second-order valence-electron chi connectivity index (χ2n) is 7.28. The van der Waals surface area contributed by atoms with E-state index in [1.807, 2.05) is 6.07 Å². The van der Waals surface area contributed by atoms with Crippen molar-refractivity contribution in [1.29, 1.82) is 5.26 Å². The van der Waals surface area contributed by atoms with Gasteiger partial charge < -0.3 is 10.5 Å². The van der Waals surface area contributed by atoms with Gasteiger partial charge in [-0.05, 0) is 45.0 Å². The number of amidine groups is 1. The number of aromatic nitrogens is 1. The Morgan fingerprint density at radius 3 is 2.61 bits per heavy atom. The van der Waals surface area contributed by atoms with Gasteiger partial charge in [-0.25, -0.2) is 17.8 Å². The predicted octanol–water partition coefficient (Wildman–Crippen LogP) is 2.66. The summed E-state index contributed by atoms with van der Waals surface area (Å²) in [5, 5.41) is 8.96. The molecule has 1 aromatic carbocycles. The highest BCUT2D eigenvalue weighted by Gasteiger charge is 2.49. The number of ether oxygens (including phenoxy) is 1. The molecule has 2 heterocycles. The fourth-order valence-electron chi connectivity index (χ4n) is 2.92. The summed E-state index contributed by atoms with van der Waals surface area (Å²) in [6.45, 7) is 4.47. The molecule has 0 unspecified atom stereocenters. The summed E-state index contributed by atoms with van der Waals surface area (Å²) in [5.41, 5.74) is 4.93. The molecule has 9 heteroatoms. The van der Waals surface area contributed by atoms with Gasteiger partial charge in [0, 0.05) is 17.8 Å². The minimum absolute atomic E-state index is 0.0449. The minimum Gasteiger partial charge on any atom is -0.439 e. The molecule has 1 aromatic heterocycles. The summed E-state index contributed by atoms with van der Waals surface area (Å²) in [5.74, 6) is -0.704. The number of pyridine rings is 1. The van der Waals surface area contributed by atoms with Gasteiger partial charge in [0.2, 0.25) is 5.88 Å². The number of rotatable bonds is 3. The summed E-state index contributed by atoms with van der Waals surface area (Å²) in [6, 6.07) is 8.87. The highest BCUT2D eigenvalue weighted by molar-refractivity contribution is 7.93. The van der Waals surface area contributed by atoms with E-state index in [0.717, 1.165) is 0 Å². The maximum absolute atomic E-state index is 14.6. The zero-order chi connectivity index (χ0) is 20.7.